The van der Waals surface area contributed by atoms with Gasteiger partial charge in [-0.25, -0.2) is 18.4 Å². The number of carbonyl (C=O) groups is 1. The van der Waals surface area contributed by atoms with Gasteiger partial charge in [0.2, 0.25) is 15.9 Å². The van der Waals surface area contributed by atoms with Crippen LogP contribution in [0.5, 0.6) is 0 Å². The van der Waals surface area contributed by atoms with Crippen molar-refractivity contribution in [3.63, 3.8) is 0 Å². The summed E-state index contributed by atoms with van der Waals surface area (Å²) in [5, 5.41) is 2.95. The zero-order valence-electron chi connectivity index (χ0n) is 17.3. The van der Waals surface area contributed by atoms with Gasteiger partial charge in [-0.15, -0.1) is 0 Å². The summed E-state index contributed by atoms with van der Waals surface area (Å²) in [6, 6.07) is 12.1. The smallest absolute Gasteiger partial charge is 0.243 e. The fraction of sp³-hybridized carbons (Fsp3) is 0.318. The average Bonchev–Trinajstić information content (AvgIpc) is 3.24. The Morgan fingerprint density at radius 3 is 2.71 bits per heavy atom. The molecule has 1 aliphatic rings. The van der Waals surface area contributed by atoms with Crippen molar-refractivity contribution in [2.45, 2.75) is 31.2 Å². The van der Waals surface area contributed by atoms with E-state index in [1.165, 1.54) is 4.31 Å². The lowest BCUT2D eigenvalue weighted by Crippen LogP contribution is -2.45. The van der Waals surface area contributed by atoms with E-state index >= 15 is 0 Å². The highest BCUT2D eigenvalue weighted by atomic mass is 32.2. The van der Waals surface area contributed by atoms with Gasteiger partial charge in [-0.3, -0.25) is 9.36 Å². The minimum absolute atomic E-state index is 0.134. The average molecular weight is 440 g/mol. The Hall–Kier alpha value is -3.04. The van der Waals surface area contributed by atoms with Gasteiger partial charge in [-0.2, -0.15) is 4.31 Å². The Kier molecular flexibility index (Phi) is 6.15. The van der Waals surface area contributed by atoms with Crippen molar-refractivity contribution in [2.75, 3.05) is 13.1 Å². The Bertz CT molecular complexity index is 1160. The lowest BCUT2D eigenvalue weighted by Gasteiger charge is -2.31. The molecule has 1 atom stereocenters. The second-order valence-corrected chi connectivity index (χ2v) is 9.54. The van der Waals surface area contributed by atoms with Crippen molar-refractivity contribution < 1.29 is 13.2 Å². The molecule has 3 heterocycles. The van der Waals surface area contributed by atoms with Crippen LogP contribution in [0.15, 0.2) is 66.0 Å². The van der Waals surface area contributed by atoms with E-state index in [1.54, 1.807) is 42.7 Å². The van der Waals surface area contributed by atoms with Gasteiger partial charge in [0.05, 0.1) is 10.8 Å². The van der Waals surface area contributed by atoms with Gasteiger partial charge >= 0.3 is 0 Å². The molecule has 1 fully saturated rings. The molecule has 0 bridgehead atoms. The molecular formula is C22H25N5O3S. The number of rotatable bonds is 6. The van der Waals surface area contributed by atoms with E-state index in [1.807, 2.05) is 29.8 Å². The first kappa shape index (κ1) is 21.2. The van der Waals surface area contributed by atoms with Gasteiger partial charge in [0.15, 0.2) is 0 Å². The Labute approximate surface area is 182 Å². The van der Waals surface area contributed by atoms with Crippen LogP contribution in [0, 0.1) is 12.8 Å². The first-order chi connectivity index (χ1) is 14.9. The van der Waals surface area contributed by atoms with Crippen LogP contribution in [0.3, 0.4) is 0 Å². The number of hydrogen-bond acceptors (Lipinski definition) is 5. The fourth-order valence-corrected chi connectivity index (χ4v) is 5.32. The van der Waals surface area contributed by atoms with E-state index in [0.29, 0.717) is 25.9 Å². The second-order valence-electron chi connectivity index (χ2n) is 7.60. The predicted molar refractivity (Wildman–Crippen MR) is 116 cm³/mol. The molecule has 1 aliphatic heterocycles. The third kappa shape index (κ3) is 4.67. The fourth-order valence-electron chi connectivity index (χ4n) is 3.77. The van der Waals surface area contributed by atoms with Crippen molar-refractivity contribution >= 4 is 15.9 Å². The molecule has 0 unspecified atom stereocenters. The molecule has 162 valence electrons. The Balaban J connectivity index is 1.40. The summed E-state index contributed by atoms with van der Waals surface area (Å²) < 4.78 is 29.1. The molecule has 0 aliphatic carbocycles. The number of aryl methyl sites for hydroxylation is 1. The maximum Gasteiger partial charge on any atom is 0.243 e. The lowest BCUT2D eigenvalue weighted by molar-refractivity contribution is -0.126. The maximum absolute atomic E-state index is 12.9. The van der Waals surface area contributed by atoms with E-state index in [9.17, 15) is 13.2 Å². The highest BCUT2D eigenvalue weighted by Crippen LogP contribution is 2.24. The number of pyridine rings is 1. The normalized spacial score (nSPS) is 17.4. The third-order valence-corrected chi connectivity index (χ3v) is 7.36. The number of sulfonamides is 1. The summed E-state index contributed by atoms with van der Waals surface area (Å²) in [7, 11) is -3.59. The van der Waals surface area contributed by atoms with Crippen LogP contribution < -0.4 is 5.32 Å². The van der Waals surface area contributed by atoms with E-state index in [0.717, 1.165) is 17.2 Å². The summed E-state index contributed by atoms with van der Waals surface area (Å²) in [6.45, 7) is 2.87. The largest absolute Gasteiger partial charge is 0.352 e. The van der Waals surface area contributed by atoms with Crippen molar-refractivity contribution in [1.82, 2.24) is 24.2 Å². The van der Waals surface area contributed by atoms with E-state index in [2.05, 4.69) is 15.3 Å². The van der Waals surface area contributed by atoms with E-state index in [-0.39, 0.29) is 23.3 Å². The van der Waals surface area contributed by atoms with Gasteiger partial charge in [-0.05, 0) is 49.6 Å². The van der Waals surface area contributed by atoms with E-state index < -0.39 is 10.0 Å². The SMILES string of the molecule is Cc1nccn1-c1cc(CNC(=O)[C@@H]2CCCN(S(=O)(=O)c3ccccc3)C2)ccn1. The number of imidazole rings is 1. The zero-order valence-corrected chi connectivity index (χ0v) is 18.1. The molecule has 0 radical (unpaired) electrons. The minimum atomic E-state index is -3.59. The molecule has 2 aromatic heterocycles. The Morgan fingerprint density at radius 2 is 1.97 bits per heavy atom. The highest BCUT2D eigenvalue weighted by molar-refractivity contribution is 7.89. The van der Waals surface area contributed by atoms with Crippen LogP contribution in [-0.4, -0.2) is 46.3 Å². The number of hydrogen-bond donors (Lipinski definition) is 1. The summed E-state index contributed by atoms with van der Waals surface area (Å²) in [5.41, 5.74) is 0.913. The first-order valence-corrected chi connectivity index (χ1v) is 11.7. The summed E-state index contributed by atoms with van der Waals surface area (Å²) in [5.74, 6) is 1.06. The number of benzene rings is 1. The number of aromatic nitrogens is 3. The second kappa shape index (κ2) is 8.99. The van der Waals surface area contributed by atoms with Crippen molar-refractivity contribution in [3.8, 4) is 5.82 Å². The summed E-state index contributed by atoms with van der Waals surface area (Å²) in [4.78, 5) is 21.6. The summed E-state index contributed by atoms with van der Waals surface area (Å²) >= 11 is 0. The third-order valence-electron chi connectivity index (χ3n) is 5.49. The molecule has 8 nitrogen and oxygen atoms in total. The molecule has 0 saturated carbocycles. The molecule has 31 heavy (non-hydrogen) atoms. The van der Waals surface area contributed by atoms with Crippen molar-refractivity contribution in [3.05, 3.63) is 72.4 Å². The van der Waals surface area contributed by atoms with Gasteiger partial charge < -0.3 is 5.32 Å². The van der Waals surface area contributed by atoms with Crippen molar-refractivity contribution in [1.29, 1.82) is 0 Å². The zero-order chi connectivity index (χ0) is 21.8. The van der Waals surface area contributed by atoms with Gasteiger partial charge in [0, 0.05) is 38.2 Å². The monoisotopic (exact) mass is 439 g/mol. The van der Waals surface area contributed by atoms with Crippen LogP contribution in [0.4, 0.5) is 0 Å². The molecule has 4 rings (SSSR count). The quantitative estimate of drug-likeness (QED) is 0.636. The molecule has 0 spiro atoms. The number of piperidine rings is 1. The number of carbonyl (C=O) groups excluding carboxylic acids is 1. The standard InChI is InChI=1S/C22H25N5O3S/c1-17-23-11-13-27(17)21-14-18(9-10-24-21)15-25-22(28)19-6-5-12-26(16-19)31(29,30)20-7-3-2-4-8-20/h2-4,7-11,13-14,19H,5-6,12,15-16H2,1H3,(H,25,28)/t19-/m1/s1. The van der Waals surface area contributed by atoms with E-state index in [4.69, 9.17) is 0 Å². The number of nitrogens with zero attached hydrogens (tertiary/aromatic N) is 4. The van der Waals surface area contributed by atoms with Crippen LogP contribution in [-0.2, 0) is 21.4 Å². The van der Waals surface area contributed by atoms with Crippen LogP contribution in [0.25, 0.3) is 5.82 Å². The van der Waals surface area contributed by atoms with Gasteiger partial charge in [0.25, 0.3) is 0 Å². The van der Waals surface area contributed by atoms with Gasteiger partial charge in [-0.1, -0.05) is 18.2 Å². The van der Waals surface area contributed by atoms with Crippen LogP contribution in [0.2, 0.25) is 0 Å². The minimum Gasteiger partial charge on any atom is -0.352 e. The molecule has 1 aromatic carbocycles. The maximum atomic E-state index is 12.9. The first-order valence-electron chi connectivity index (χ1n) is 10.2. The highest BCUT2D eigenvalue weighted by Gasteiger charge is 2.33. The molecule has 1 saturated heterocycles. The predicted octanol–water partition coefficient (Wildman–Crippen LogP) is 2.29. The van der Waals surface area contributed by atoms with Crippen LogP contribution in [0.1, 0.15) is 24.2 Å². The number of nitrogens with one attached hydrogen (secondary N) is 1. The van der Waals surface area contributed by atoms with Crippen LogP contribution >= 0.6 is 0 Å². The lowest BCUT2D eigenvalue weighted by atomic mass is 9.99. The molecule has 1 N–H and O–H groups in total. The molecule has 1 amide bonds. The summed E-state index contributed by atoms with van der Waals surface area (Å²) in [6.07, 6.45) is 6.57. The topological polar surface area (TPSA) is 97.2 Å². The Morgan fingerprint density at radius 1 is 1.16 bits per heavy atom. The molecular weight excluding hydrogens is 414 g/mol. The molecule has 3 aromatic rings. The number of amides is 1. The van der Waals surface area contributed by atoms with Crippen molar-refractivity contribution in [2.24, 2.45) is 5.92 Å². The molecule has 9 heteroatoms. The van der Waals surface area contributed by atoms with Gasteiger partial charge in [0.1, 0.15) is 11.6 Å².